The molecule has 5 heteroatoms. The van der Waals surface area contributed by atoms with Crippen molar-refractivity contribution in [2.45, 2.75) is 59.4 Å². The quantitative estimate of drug-likeness (QED) is 0.519. The van der Waals surface area contributed by atoms with Crippen LogP contribution in [0.2, 0.25) is 0 Å². The van der Waals surface area contributed by atoms with Gasteiger partial charge >= 0.3 is 0 Å². The topological polar surface area (TPSA) is 55.2 Å². The molecule has 5 nitrogen and oxygen atoms in total. The van der Waals surface area contributed by atoms with Crippen LogP contribution in [0.5, 0.6) is 0 Å². The number of benzene rings is 2. The third-order valence-electron chi connectivity index (χ3n) is 5.53. The molecule has 3 rings (SSSR count). The first-order chi connectivity index (χ1) is 14.5. The smallest absolute Gasteiger partial charge is 0.266 e. The van der Waals surface area contributed by atoms with E-state index in [1.54, 1.807) is 4.57 Å². The molecule has 2 aromatic carbocycles. The third kappa shape index (κ3) is 4.30. The van der Waals surface area contributed by atoms with Crippen molar-refractivity contribution in [2.24, 2.45) is 0 Å². The summed E-state index contributed by atoms with van der Waals surface area (Å²) in [6, 6.07) is 14.9. The van der Waals surface area contributed by atoms with Crippen molar-refractivity contribution in [1.82, 2.24) is 14.5 Å². The Labute approximate surface area is 178 Å². The molecule has 1 aromatic heterocycles. The van der Waals surface area contributed by atoms with E-state index in [-0.39, 0.29) is 17.5 Å². The lowest BCUT2D eigenvalue weighted by Gasteiger charge is -2.30. The first-order valence-corrected chi connectivity index (χ1v) is 10.9. The predicted octanol–water partition coefficient (Wildman–Crippen LogP) is 5.18. The summed E-state index contributed by atoms with van der Waals surface area (Å²) >= 11 is 0. The van der Waals surface area contributed by atoms with Gasteiger partial charge in [0.2, 0.25) is 5.91 Å². The highest BCUT2D eigenvalue weighted by atomic mass is 16.2. The van der Waals surface area contributed by atoms with E-state index in [2.05, 4.69) is 13.8 Å². The van der Waals surface area contributed by atoms with Crippen LogP contribution in [0.3, 0.4) is 0 Å². The first-order valence-electron chi connectivity index (χ1n) is 10.9. The summed E-state index contributed by atoms with van der Waals surface area (Å²) in [7, 11) is 0. The van der Waals surface area contributed by atoms with Gasteiger partial charge in [-0.1, -0.05) is 50.6 Å². The highest BCUT2D eigenvalue weighted by molar-refractivity contribution is 5.79. The SMILES string of the molecule is CCCCC(=O)N(CCC)C(C)c1nc2ccccc2c(=O)n1-c1ccccc1C. The maximum Gasteiger partial charge on any atom is 0.266 e. The van der Waals surface area contributed by atoms with Crippen molar-refractivity contribution >= 4 is 16.8 Å². The first kappa shape index (κ1) is 21.8. The van der Waals surface area contributed by atoms with Crippen molar-refractivity contribution in [3.63, 3.8) is 0 Å². The molecule has 0 fully saturated rings. The van der Waals surface area contributed by atoms with Crippen molar-refractivity contribution in [2.75, 3.05) is 6.54 Å². The lowest BCUT2D eigenvalue weighted by molar-refractivity contribution is -0.133. The fraction of sp³-hybridized carbons (Fsp3) is 0.400. The Balaban J connectivity index is 2.22. The number of unbranched alkanes of at least 4 members (excludes halogenated alkanes) is 1. The fourth-order valence-corrected chi connectivity index (χ4v) is 3.86. The third-order valence-corrected chi connectivity index (χ3v) is 5.53. The molecule has 1 amide bonds. The second-order valence-electron chi connectivity index (χ2n) is 7.78. The number of aryl methyl sites for hydroxylation is 1. The highest BCUT2D eigenvalue weighted by Crippen LogP contribution is 2.25. The number of hydrogen-bond donors (Lipinski definition) is 0. The minimum absolute atomic E-state index is 0.103. The Kier molecular flexibility index (Phi) is 7.03. The van der Waals surface area contributed by atoms with Crippen LogP contribution in [0.15, 0.2) is 53.3 Å². The summed E-state index contributed by atoms with van der Waals surface area (Å²) in [5, 5.41) is 0.580. The number of carbonyl (C=O) groups is 1. The van der Waals surface area contributed by atoms with Crippen molar-refractivity contribution in [3.8, 4) is 5.69 Å². The van der Waals surface area contributed by atoms with Gasteiger partial charge in [0, 0.05) is 13.0 Å². The Morgan fingerprint density at radius 1 is 1.07 bits per heavy atom. The highest BCUT2D eigenvalue weighted by Gasteiger charge is 2.26. The molecule has 0 saturated heterocycles. The molecule has 0 spiro atoms. The molecule has 1 atom stereocenters. The Hall–Kier alpha value is -2.95. The maximum atomic E-state index is 13.5. The number of aromatic nitrogens is 2. The Morgan fingerprint density at radius 2 is 1.77 bits per heavy atom. The molecule has 0 N–H and O–H groups in total. The maximum absolute atomic E-state index is 13.5. The summed E-state index contributed by atoms with van der Waals surface area (Å²) in [5.41, 5.74) is 2.35. The van der Waals surface area contributed by atoms with Gasteiger partial charge in [-0.3, -0.25) is 14.2 Å². The van der Waals surface area contributed by atoms with Crippen LogP contribution >= 0.6 is 0 Å². The van der Waals surface area contributed by atoms with E-state index in [0.29, 0.717) is 29.7 Å². The van der Waals surface area contributed by atoms with E-state index in [1.165, 1.54) is 0 Å². The van der Waals surface area contributed by atoms with Gasteiger partial charge in [0.1, 0.15) is 5.82 Å². The lowest BCUT2D eigenvalue weighted by atomic mass is 10.1. The van der Waals surface area contributed by atoms with Gasteiger partial charge in [-0.15, -0.1) is 0 Å². The molecule has 0 aliphatic rings. The zero-order chi connectivity index (χ0) is 21.7. The standard InChI is InChI=1S/C25H31N3O2/c1-5-7-16-23(29)27(17-6-2)19(4)24-26-21-14-10-9-13-20(21)25(30)28(24)22-15-11-8-12-18(22)3/h8-15,19H,5-7,16-17H2,1-4H3. The predicted molar refractivity (Wildman–Crippen MR) is 122 cm³/mol. The molecular formula is C25H31N3O2. The molecule has 158 valence electrons. The molecular weight excluding hydrogens is 374 g/mol. The van der Waals surface area contributed by atoms with Crippen molar-refractivity contribution < 1.29 is 4.79 Å². The van der Waals surface area contributed by atoms with Gasteiger partial charge in [-0.05, 0) is 50.5 Å². The molecule has 30 heavy (non-hydrogen) atoms. The van der Waals surface area contributed by atoms with Crippen LogP contribution in [0.4, 0.5) is 0 Å². The van der Waals surface area contributed by atoms with Gasteiger partial charge < -0.3 is 4.90 Å². The lowest BCUT2D eigenvalue weighted by Crippen LogP contribution is -2.38. The molecule has 0 radical (unpaired) electrons. The monoisotopic (exact) mass is 405 g/mol. The molecule has 3 aromatic rings. The molecule has 0 aliphatic heterocycles. The molecule has 1 heterocycles. The van der Waals surface area contributed by atoms with E-state index in [1.807, 2.05) is 67.3 Å². The number of hydrogen-bond acceptors (Lipinski definition) is 3. The van der Waals surface area contributed by atoms with Crippen molar-refractivity contribution in [1.29, 1.82) is 0 Å². The molecule has 0 saturated carbocycles. The van der Waals surface area contributed by atoms with E-state index in [0.717, 1.165) is 30.5 Å². The molecule has 1 unspecified atom stereocenters. The van der Waals surface area contributed by atoms with Crippen LogP contribution < -0.4 is 5.56 Å². The number of fused-ring (bicyclic) bond motifs is 1. The van der Waals surface area contributed by atoms with Gasteiger partial charge in [-0.25, -0.2) is 4.98 Å². The minimum Gasteiger partial charge on any atom is -0.333 e. The average Bonchev–Trinajstić information content (AvgIpc) is 2.76. The van der Waals surface area contributed by atoms with Gasteiger partial charge in [0.25, 0.3) is 5.56 Å². The van der Waals surface area contributed by atoms with E-state index in [4.69, 9.17) is 4.98 Å². The zero-order valence-corrected chi connectivity index (χ0v) is 18.4. The van der Waals surface area contributed by atoms with Crippen LogP contribution in [-0.2, 0) is 4.79 Å². The molecule has 0 bridgehead atoms. The summed E-state index contributed by atoms with van der Waals surface area (Å²) in [6.45, 7) is 8.75. The van der Waals surface area contributed by atoms with E-state index >= 15 is 0 Å². The summed E-state index contributed by atoms with van der Waals surface area (Å²) in [6.07, 6.45) is 3.21. The Bertz CT molecular complexity index is 1090. The average molecular weight is 406 g/mol. The summed E-state index contributed by atoms with van der Waals surface area (Å²) in [5.74, 6) is 0.719. The normalized spacial score (nSPS) is 12.1. The van der Waals surface area contributed by atoms with Crippen LogP contribution in [0, 0.1) is 6.92 Å². The van der Waals surface area contributed by atoms with Crippen LogP contribution in [-0.4, -0.2) is 26.9 Å². The van der Waals surface area contributed by atoms with Gasteiger partial charge in [-0.2, -0.15) is 0 Å². The number of nitrogens with zero attached hydrogens (tertiary/aromatic N) is 3. The fourth-order valence-electron chi connectivity index (χ4n) is 3.86. The van der Waals surface area contributed by atoms with E-state index < -0.39 is 0 Å². The second kappa shape index (κ2) is 9.70. The minimum atomic E-state index is -0.314. The van der Waals surface area contributed by atoms with Crippen LogP contribution in [0.1, 0.15) is 63.9 Å². The van der Waals surface area contributed by atoms with Crippen molar-refractivity contribution in [3.05, 3.63) is 70.3 Å². The second-order valence-corrected chi connectivity index (χ2v) is 7.78. The number of para-hydroxylation sites is 2. The van der Waals surface area contributed by atoms with Gasteiger partial charge in [0.05, 0.1) is 22.6 Å². The van der Waals surface area contributed by atoms with Gasteiger partial charge in [0.15, 0.2) is 0 Å². The number of carbonyl (C=O) groups excluding carboxylic acids is 1. The molecule has 0 aliphatic carbocycles. The number of amides is 1. The zero-order valence-electron chi connectivity index (χ0n) is 18.4. The Morgan fingerprint density at radius 3 is 2.47 bits per heavy atom. The van der Waals surface area contributed by atoms with E-state index in [9.17, 15) is 9.59 Å². The number of rotatable bonds is 8. The largest absolute Gasteiger partial charge is 0.333 e. The summed E-state index contributed by atoms with van der Waals surface area (Å²) < 4.78 is 1.69. The van der Waals surface area contributed by atoms with Crippen LogP contribution in [0.25, 0.3) is 16.6 Å². The summed E-state index contributed by atoms with van der Waals surface area (Å²) in [4.78, 5) is 33.3.